The van der Waals surface area contributed by atoms with E-state index < -0.39 is 4.92 Å². The molecule has 130 valence electrons. The molecule has 1 N–H and O–H groups in total. The fourth-order valence-electron chi connectivity index (χ4n) is 3.64. The van der Waals surface area contributed by atoms with Crippen molar-refractivity contribution in [1.29, 1.82) is 0 Å². The summed E-state index contributed by atoms with van der Waals surface area (Å²) in [6.07, 6.45) is 2.01. The number of aromatic nitrogens is 1. The van der Waals surface area contributed by atoms with Gasteiger partial charge in [0.1, 0.15) is 5.82 Å². The smallest absolute Gasteiger partial charge is 0.317 e. The third kappa shape index (κ3) is 2.95. The molecule has 8 nitrogen and oxygen atoms in total. The summed E-state index contributed by atoms with van der Waals surface area (Å²) in [5.41, 5.74) is 0.810. The van der Waals surface area contributed by atoms with Crippen LogP contribution in [0.25, 0.3) is 10.9 Å². The molecule has 25 heavy (non-hydrogen) atoms. The van der Waals surface area contributed by atoms with Crippen LogP contribution in [-0.2, 0) is 0 Å². The van der Waals surface area contributed by atoms with Crippen LogP contribution in [0, 0.1) is 10.1 Å². The Balaban J connectivity index is 1.57. The number of rotatable bonds is 3. The first kappa shape index (κ1) is 15.6. The van der Waals surface area contributed by atoms with Gasteiger partial charge < -0.3 is 15.1 Å². The van der Waals surface area contributed by atoms with Crippen molar-refractivity contribution in [3.63, 3.8) is 0 Å². The van der Waals surface area contributed by atoms with Crippen LogP contribution in [-0.4, -0.2) is 53.1 Å². The standard InChI is InChI=1S/C17H19N5O3/c23-17-18-7-9-21(17)14-2-1-8-20(11-14)16-6-3-12-10-13(22(24)25)4-5-15(12)19-16/h3-6,10,14H,1-2,7-9,11H2,(H,18,23). The molecule has 0 spiro atoms. The third-order valence-corrected chi connectivity index (χ3v) is 4.92. The number of carbonyl (C=O) groups excluding carboxylic acids is 1. The van der Waals surface area contributed by atoms with Gasteiger partial charge in [0, 0.05) is 43.7 Å². The maximum absolute atomic E-state index is 11.9. The molecule has 0 radical (unpaired) electrons. The highest BCUT2D eigenvalue weighted by Crippen LogP contribution is 2.26. The van der Waals surface area contributed by atoms with Crippen LogP contribution in [0.1, 0.15) is 12.8 Å². The first-order valence-corrected chi connectivity index (χ1v) is 8.46. The van der Waals surface area contributed by atoms with Gasteiger partial charge in [0.15, 0.2) is 0 Å². The Kier molecular flexibility index (Phi) is 3.87. The number of nitro benzene ring substituents is 1. The molecule has 2 aliphatic rings. The summed E-state index contributed by atoms with van der Waals surface area (Å²) >= 11 is 0. The van der Waals surface area contributed by atoms with Gasteiger partial charge in [-0.05, 0) is 31.0 Å². The molecule has 2 aliphatic heterocycles. The lowest BCUT2D eigenvalue weighted by Gasteiger charge is -2.37. The topological polar surface area (TPSA) is 91.6 Å². The molecule has 1 aromatic heterocycles. The predicted octanol–water partition coefficient (Wildman–Crippen LogP) is 2.14. The Morgan fingerprint density at radius 3 is 2.88 bits per heavy atom. The first-order valence-electron chi connectivity index (χ1n) is 8.46. The zero-order valence-electron chi connectivity index (χ0n) is 13.7. The van der Waals surface area contributed by atoms with Crippen LogP contribution < -0.4 is 10.2 Å². The Morgan fingerprint density at radius 1 is 1.24 bits per heavy atom. The fourth-order valence-corrected chi connectivity index (χ4v) is 3.64. The van der Waals surface area contributed by atoms with Gasteiger partial charge in [-0.1, -0.05) is 0 Å². The van der Waals surface area contributed by atoms with E-state index in [-0.39, 0.29) is 17.8 Å². The van der Waals surface area contributed by atoms with E-state index in [1.807, 2.05) is 17.0 Å². The molecule has 3 heterocycles. The molecule has 2 aromatic rings. The van der Waals surface area contributed by atoms with E-state index in [9.17, 15) is 14.9 Å². The Morgan fingerprint density at radius 2 is 2.12 bits per heavy atom. The largest absolute Gasteiger partial charge is 0.355 e. The number of hydrogen-bond acceptors (Lipinski definition) is 5. The van der Waals surface area contributed by atoms with Crippen molar-refractivity contribution < 1.29 is 9.72 Å². The zero-order chi connectivity index (χ0) is 17.4. The van der Waals surface area contributed by atoms with Crippen LogP contribution in [0.15, 0.2) is 30.3 Å². The number of nitrogens with zero attached hydrogens (tertiary/aromatic N) is 4. The Labute approximate surface area is 144 Å². The van der Waals surface area contributed by atoms with E-state index in [0.29, 0.717) is 6.54 Å². The van der Waals surface area contributed by atoms with Crippen LogP contribution in [0.4, 0.5) is 16.3 Å². The van der Waals surface area contributed by atoms with Gasteiger partial charge >= 0.3 is 6.03 Å². The Bertz CT molecular complexity index is 840. The molecule has 0 bridgehead atoms. The molecular formula is C17H19N5O3. The number of carbonyl (C=O) groups is 1. The molecule has 2 amide bonds. The molecule has 1 unspecified atom stereocenters. The van der Waals surface area contributed by atoms with Crippen molar-refractivity contribution in [3.05, 3.63) is 40.4 Å². The fraction of sp³-hybridized carbons (Fsp3) is 0.412. The Hall–Kier alpha value is -2.90. The maximum atomic E-state index is 11.9. The highest BCUT2D eigenvalue weighted by molar-refractivity contribution is 5.82. The van der Waals surface area contributed by atoms with Crippen molar-refractivity contribution in [1.82, 2.24) is 15.2 Å². The number of nitrogens with one attached hydrogen (secondary N) is 1. The number of piperidine rings is 1. The quantitative estimate of drug-likeness (QED) is 0.682. The average Bonchev–Trinajstić information content (AvgIpc) is 3.07. The van der Waals surface area contributed by atoms with Crippen LogP contribution in [0.5, 0.6) is 0 Å². The van der Waals surface area contributed by atoms with Gasteiger partial charge in [0.25, 0.3) is 5.69 Å². The monoisotopic (exact) mass is 341 g/mol. The minimum atomic E-state index is -0.399. The van der Waals surface area contributed by atoms with Gasteiger partial charge in [-0.15, -0.1) is 0 Å². The van der Waals surface area contributed by atoms with Crippen LogP contribution in [0.3, 0.4) is 0 Å². The van der Waals surface area contributed by atoms with Crippen molar-refractivity contribution >= 4 is 28.4 Å². The highest BCUT2D eigenvalue weighted by atomic mass is 16.6. The van der Waals surface area contributed by atoms with Gasteiger partial charge in [0.2, 0.25) is 0 Å². The van der Waals surface area contributed by atoms with Gasteiger partial charge in [-0.2, -0.15) is 0 Å². The number of fused-ring (bicyclic) bond motifs is 1. The number of nitro groups is 1. The van der Waals surface area contributed by atoms with Crippen LogP contribution >= 0.6 is 0 Å². The SMILES string of the molecule is O=C1NCCN1C1CCCN(c2ccc3cc([N+](=O)[O-])ccc3n2)C1. The second-order valence-electron chi connectivity index (χ2n) is 6.47. The molecule has 0 aliphatic carbocycles. The summed E-state index contributed by atoms with van der Waals surface area (Å²) in [7, 11) is 0. The molecule has 1 atom stereocenters. The summed E-state index contributed by atoms with van der Waals surface area (Å²) in [5, 5.41) is 14.5. The van der Waals surface area contributed by atoms with Crippen molar-refractivity contribution in [2.45, 2.75) is 18.9 Å². The highest BCUT2D eigenvalue weighted by Gasteiger charge is 2.31. The van der Waals surface area contributed by atoms with E-state index in [1.165, 1.54) is 6.07 Å². The zero-order valence-corrected chi connectivity index (χ0v) is 13.7. The summed E-state index contributed by atoms with van der Waals surface area (Å²) in [6.45, 7) is 3.13. The van der Waals surface area contributed by atoms with E-state index in [0.717, 1.165) is 49.2 Å². The molecule has 2 saturated heterocycles. The normalized spacial score (nSPS) is 20.8. The molecule has 0 saturated carbocycles. The van der Waals surface area contributed by atoms with E-state index >= 15 is 0 Å². The number of hydrogen-bond donors (Lipinski definition) is 1. The number of anilines is 1. The van der Waals surface area contributed by atoms with Gasteiger partial charge in [0.05, 0.1) is 16.5 Å². The van der Waals surface area contributed by atoms with Crippen molar-refractivity contribution in [2.75, 3.05) is 31.1 Å². The maximum Gasteiger partial charge on any atom is 0.317 e. The lowest BCUT2D eigenvalue weighted by molar-refractivity contribution is -0.384. The summed E-state index contributed by atoms with van der Waals surface area (Å²) < 4.78 is 0. The average molecular weight is 341 g/mol. The molecular weight excluding hydrogens is 322 g/mol. The number of pyridine rings is 1. The molecule has 4 rings (SSSR count). The summed E-state index contributed by atoms with van der Waals surface area (Å²) in [4.78, 5) is 31.2. The summed E-state index contributed by atoms with van der Waals surface area (Å²) in [6, 6.07) is 8.70. The predicted molar refractivity (Wildman–Crippen MR) is 93.7 cm³/mol. The minimum Gasteiger partial charge on any atom is -0.355 e. The molecule has 1 aromatic carbocycles. The molecule has 8 heteroatoms. The second kappa shape index (κ2) is 6.19. The third-order valence-electron chi connectivity index (χ3n) is 4.92. The molecule has 2 fully saturated rings. The second-order valence-corrected chi connectivity index (χ2v) is 6.47. The van der Waals surface area contributed by atoms with E-state index in [1.54, 1.807) is 12.1 Å². The lowest BCUT2D eigenvalue weighted by atomic mass is 10.0. The van der Waals surface area contributed by atoms with Crippen molar-refractivity contribution in [3.8, 4) is 0 Å². The van der Waals surface area contributed by atoms with Crippen LogP contribution in [0.2, 0.25) is 0 Å². The number of benzene rings is 1. The van der Waals surface area contributed by atoms with Gasteiger partial charge in [-0.3, -0.25) is 10.1 Å². The van der Waals surface area contributed by atoms with E-state index in [4.69, 9.17) is 0 Å². The number of amides is 2. The number of non-ortho nitro benzene ring substituents is 1. The van der Waals surface area contributed by atoms with Crippen molar-refractivity contribution in [2.24, 2.45) is 0 Å². The minimum absolute atomic E-state index is 0.0191. The first-order chi connectivity index (χ1) is 12.1. The lowest BCUT2D eigenvalue weighted by Crippen LogP contribution is -2.49. The summed E-state index contributed by atoms with van der Waals surface area (Å²) in [5.74, 6) is 0.852. The van der Waals surface area contributed by atoms with E-state index in [2.05, 4.69) is 15.2 Å². The number of urea groups is 1. The van der Waals surface area contributed by atoms with Gasteiger partial charge in [-0.25, -0.2) is 9.78 Å².